The fourth-order valence-corrected chi connectivity index (χ4v) is 2.27. The Morgan fingerprint density at radius 2 is 2.53 bits per heavy atom. The summed E-state index contributed by atoms with van der Waals surface area (Å²) in [5.74, 6) is 1.93. The number of nitrogens with one attached hydrogen (secondary N) is 2. The van der Waals surface area contributed by atoms with Crippen LogP contribution in [0.5, 0.6) is 0 Å². The Balaban J connectivity index is 1.99. The van der Waals surface area contributed by atoms with Crippen LogP contribution in [0.3, 0.4) is 0 Å². The number of anilines is 1. The molecule has 1 saturated heterocycles. The lowest BCUT2D eigenvalue weighted by Crippen LogP contribution is -2.37. The Bertz CT molecular complexity index is 369. The minimum atomic E-state index is -0.149. The molecule has 0 radical (unpaired) electrons. The number of aromatic nitrogens is 2. The molecule has 1 aromatic heterocycles. The fourth-order valence-electron chi connectivity index (χ4n) is 1.18. The summed E-state index contributed by atoms with van der Waals surface area (Å²) in [6, 6.07) is 1.37. The summed E-state index contributed by atoms with van der Waals surface area (Å²) in [4.78, 5) is 19.3. The first kappa shape index (κ1) is 10.7. The predicted molar refractivity (Wildman–Crippen MR) is 59.9 cm³/mol. The summed E-state index contributed by atoms with van der Waals surface area (Å²) < 4.78 is 0. The largest absolute Gasteiger partial charge is 0.309 e. The number of nitrogens with zero attached hydrogens (tertiary/aromatic N) is 2. The highest BCUT2D eigenvalue weighted by atomic mass is 35.5. The number of hydrogen-bond donors (Lipinski definition) is 2. The Labute approximate surface area is 96.0 Å². The first-order valence-corrected chi connectivity index (χ1v) is 5.88. The van der Waals surface area contributed by atoms with Crippen LogP contribution in [-0.2, 0) is 4.79 Å². The Kier molecular flexibility index (Phi) is 3.40. The Morgan fingerprint density at radius 1 is 1.67 bits per heavy atom. The van der Waals surface area contributed by atoms with Crippen molar-refractivity contribution in [1.29, 1.82) is 0 Å². The summed E-state index contributed by atoms with van der Waals surface area (Å²) in [5.41, 5.74) is 0. The van der Waals surface area contributed by atoms with Gasteiger partial charge < -0.3 is 5.32 Å². The Hall–Kier alpha value is -0.850. The number of carbonyl (C=O) groups excluding carboxylic acids is 1. The number of amides is 1. The van der Waals surface area contributed by atoms with Crippen molar-refractivity contribution in [2.24, 2.45) is 0 Å². The van der Waals surface area contributed by atoms with Crippen molar-refractivity contribution in [1.82, 2.24) is 15.3 Å². The third-order valence-electron chi connectivity index (χ3n) is 1.92. The molecule has 2 N–H and O–H groups in total. The van der Waals surface area contributed by atoms with Gasteiger partial charge in [0.25, 0.3) is 0 Å². The van der Waals surface area contributed by atoms with E-state index in [0.29, 0.717) is 11.0 Å². The predicted octanol–water partition coefficient (Wildman–Crippen LogP) is 0.731. The molecule has 1 atom stereocenters. The van der Waals surface area contributed by atoms with E-state index in [4.69, 9.17) is 11.6 Å². The maximum absolute atomic E-state index is 11.6. The molecule has 1 amide bonds. The molecular formula is C8H9ClN4OS. The van der Waals surface area contributed by atoms with Crippen LogP contribution in [0, 0.1) is 0 Å². The van der Waals surface area contributed by atoms with Crippen molar-refractivity contribution in [3.8, 4) is 0 Å². The highest BCUT2D eigenvalue weighted by Gasteiger charge is 2.22. The quantitative estimate of drug-likeness (QED) is 0.751. The van der Waals surface area contributed by atoms with E-state index in [1.807, 2.05) is 0 Å². The zero-order valence-corrected chi connectivity index (χ0v) is 9.31. The number of carbonyl (C=O) groups is 1. The van der Waals surface area contributed by atoms with Crippen LogP contribution >= 0.6 is 23.4 Å². The van der Waals surface area contributed by atoms with E-state index in [1.165, 1.54) is 12.4 Å². The maximum atomic E-state index is 11.6. The molecule has 1 aliphatic heterocycles. The topological polar surface area (TPSA) is 66.9 Å². The molecule has 7 heteroatoms. The second kappa shape index (κ2) is 4.78. The summed E-state index contributed by atoms with van der Waals surface area (Å²) >= 11 is 7.36. The van der Waals surface area contributed by atoms with Crippen LogP contribution in [0.2, 0.25) is 5.15 Å². The first-order valence-electron chi connectivity index (χ1n) is 4.35. The van der Waals surface area contributed by atoms with Gasteiger partial charge in [-0.15, -0.1) is 11.8 Å². The highest BCUT2D eigenvalue weighted by Crippen LogP contribution is 2.13. The number of halogens is 1. The smallest absolute Gasteiger partial charge is 0.243 e. The standard InChI is InChI=1S/C8H9ClN4OS/c9-6-1-7(11-3-10-6)13-8(14)5-2-15-4-12-5/h1,3,5,12H,2,4H2,(H,10,11,13,14). The van der Waals surface area contributed by atoms with Crippen LogP contribution < -0.4 is 10.6 Å². The van der Waals surface area contributed by atoms with E-state index in [1.54, 1.807) is 11.8 Å². The second-order valence-corrected chi connectivity index (χ2v) is 4.40. The lowest BCUT2D eigenvalue weighted by atomic mass is 10.3. The molecule has 5 nitrogen and oxygen atoms in total. The first-order chi connectivity index (χ1) is 7.25. The summed E-state index contributed by atoms with van der Waals surface area (Å²) in [7, 11) is 0. The molecule has 0 spiro atoms. The zero-order valence-electron chi connectivity index (χ0n) is 7.74. The molecule has 1 unspecified atom stereocenters. The van der Waals surface area contributed by atoms with E-state index in [9.17, 15) is 4.79 Å². The van der Waals surface area contributed by atoms with E-state index < -0.39 is 0 Å². The maximum Gasteiger partial charge on any atom is 0.243 e. The van der Waals surface area contributed by atoms with Crippen LogP contribution in [0.25, 0.3) is 0 Å². The molecule has 1 aliphatic rings. The van der Waals surface area contributed by atoms with E-state index in [-0.39, 0.29) is 11.9 Å². The van der Waals surface area contributed by atoms with Gasteiger partial charge in [0, 0.05) is 17.7 Å². The van der Waals surface area contributed by atoms with Crippen LogP contribution in [0.15, 0.2) is 12.4 Å². The van der Waals surface area contributed by atoms with Crippen LogP contribution in [-0.4, -0.2) is 33.5 Å². The SMILES string of the molecule is O=C(Nc1cc(Cl)ncn1)C1CSCN1. The summed E-state index contributed by atoms with van der Waals surface area (Å²) in [5, 5.41) is 6.05. The minimum absolute atomic E-state index is 0.0882. The van der Waals surface area contributed by atoms with Crippen molar-refractivity contribution >= 4 is 35.1 Å². The molecular weight excluding hydrogens is 236 g/mol. The van der Waals surface area contributed by atoms with Gasteiger partial charge in [0.1, 0.15) is 17.3 Å². The summed E-state index contributed by atoms with van der Waals surface area (Å²) in [6.07, 6.45) is 1.31. The number of rotatable bonds is 2. The van der Waals surface area contributed by atoms with E-state index in [0.717, 1.165) is 11.6 Å². The average Bonchev–Trinajstić information content (AvgIpc) is 2.70. The van der Waals surface area contributed by atoms with E-state index in [2.05, 4.69) is 20.6 Å². The molecule has 1 fully saturated rings. The van der Waals surface area contributed by atoms with Gasteiger partial charge in [-0.1, -0.05) is 11.6 Å². The molecule has 1 aromatic rings. The van der Waals surface area contributed by atoms with Crippen LogP contribution in [0.1, 0.15) is 0 Å². The van der Waals surface area contributed by atoms with Crippen molar-refractivity contribution < 1.29 is 4.79 Å². The molecule has 80 valence electrons. The lowest BCUT2D eigenvalue weighted by Gasteiger charge is -2.09. The van der Waals surface area contributed by atoms with Crippen molar-refractivity contribution in [3.63, 3.8) is 0 Å². The molecule has 2 heterocycles. The van der Waals surface area contributed by atoms with Crippen molar-refractivity contribution in [2.75, 3.05) is 16.9 Å². The third-order valence-corrected chi connectivity index (χ3v) is 3.06. The van der Waals surface area contributed by atoms with Gasteiger partial charge in [-0.05, 0) is 0 Å². The number of hydrogen-bond acceptors (Lipinski definition) is 5. The van der Waals surface area contributed by atoms with Crippen molar-refractivity contribution in [2.45, 2.75) is 6.04 Å². The van der Waals surface area contributed by atoms with Gasteiger partial charge >= 0.3 is 0 Å². The van der Waals surface area contributed by atoms with Gasteiger partial charge in [-0.25, -0.2) is 9.97 Å². The van der Waals surface area contributed by atoms with Gasteiger partial charge in [0.15, 0.2) is 0 Å². The molecule has 0 saturated carbocycles. The van der Waals surface area contributed by atoms with Crippen LogP contribution in [0.4, 0.5) is 5.82 Å². The normalized spacial score (nSPS) is 20.2. The van der Waals surface area contributed by atoms with Gasteiger partial charge in [0.2, 0.25) is 5.91 Å². The van der Waals surface area contributed by atoms with Gasteiger partial charge in [-0.2, -0.15) is 0 Å². The lowest BCUT2D eigenvalue weighted by molar-refractivity contribution is -0.117. The van der Waals surface area contributed by atoms with Crippen molar-refractivity contribution in [3.05, 3.63) is 17.5 Å². The molecule has 0 bridgehead atoms. The van der Waals surface area contributed by atoms with E-state index >= 15 is 0 Å². The van der Waals surface area contributed by atoms with Gasteiger partial charge in [-0.3, -0.25) is 10.1 Å². The van der Waals surface area contributed by atoms with Gasteiger partial charge in [0.05, 0.1) is 6.04 Å². The Morgan fingerprint density at radius 3 is 3.20 bits per heavy atom. The zero-order chi connectivity index (χ0) is 10.7. The highest BCUT2D eigenvalue weighted by molar-refractivity contribution is 7.99. The molecule has 15 heavy (non-hydrogen) atoms. The second-order valence-electron chi connectivity index (χ2n) is 2.99. The minimum Gasteiger partial charge on any atom is -0.309 e. The number of thioether (sulfide) groups is 1. The summed E-state index contributed by atoms with van der Waals surface area (Å²) in [6.45, 7) is 0. The molecule has 0 aromatic carbocycles. The average molecular weight is 245 g/mol. The third kappa shape index (κ3) is 2.80. The monoisotopic (exact) mass is 244 g/mol. The molecule has 0 aliphatic carbocycles. The molecule has 2 rings (SSSR count). The fraction of sp³-hybridized carbons (Fsp3) is 0.375.